The number of amides is 1. The Kier molecular flexibility index (Phi) is 7.31. The summed E-state index contributed by atoms with van der Waals surface area (Å²) in [7, 11) is 0. The minimum atomic E-state index is -0.0153. The number of aliphatic hydroxyl groups is 1. The summed E-state index contributed by atoms with van der Waals surface area (Å²) < 4.78 is 0. The van der Waals surface area contributed by atoms with E-state index in [9.17, 15) is 9.90 Å². The lowest BCUT2D eigenvalue weighted by molar-refractivity contribution is -0.141. The Morgan fingerprint density at radius 3 is 2.30 bits per heavy atom. The van der Waals surface area contributed by atoms with Crippen LogP contribution in [0.15, 0.2) is 0 Å². The van der Waals surface area contributed by atoms with Gasteiger partial charge in [-0.3, -0.25) is 14.6 Å². The number of piperidine rings is 1. The molecule has 2 rings (SSSR count). The fourth-order valence-electron chi connectivity index (χ4n) is 4.10. The van der Waals surface area contributed by atoms with E-state index >= 15 is 0 Å². The Hall–Kier alpha value is -0.650. The second kappa shape index (κ2) is 9.00. The molecule has 2 aliphatic rings. The van der Waals surface area contributed by atoms with Crippen LogP contribution in [0, 0.1) is 0 Å². The van der Waals surface area contributed by atoms with E-state index in [0.717, 1.165) is 58.4 Å². The molecule has 0 saturated carbocycles. The molecule has 0 aromatic heterocycles. The van der Waals surface area contributed by atoms with Gasteiger partial charge in [0.1, 0.15) is 0 Å². The van der Waals surface area contributed by atoms with Gasteiger partial charge in [0.25, 0.3) is 0 Å². The molecule has 5 nitrogen and oxygen atoms in total. The van der Waals surface area contributed by atoms with Gasteiger partial charge < -0.3 is 10.0 Å². The van der Waals surface area contributed by atoms with Crippen molar-refractivity contribution in [2.24, 2.45) is 0 Å². The number of hydrogen-bond acceptors (Lipinski definition) is 4. The minimum Gasteiger partial charge on any atom is -0.395 e. The molecular formula is C18H35N3O2. The summed E-state index contributed by atoms with van der Waals surface area (Å²) in [4.78, 5) is 19.8. The van der Waals surface area contributed by atoms with Crippen LogP contribution in [0.1, 0.15) is 52.9 Å². The summed E-state index contributed by atoms with van der Waals surface area (Å²) in [5.41, 5.74) is 0. The van der Waals surface area contributed by atoms with Gasteiger partial charge in [-0.2, -0.15) is 0 Å². The molecule has 1 N–H and O–H groups in total. The first-order valence-electron chi connectivity index (χ1n) is 9.51. The van der Waals surface area contributed by atoms with Gasteiger partial charge in [-0.15, -0.1) is 0 Å². The van der Waals surface area contributed by atoms with Gasteiger partial charge in [0.15, 0.2) is 0 Å². The maximum Gasteiger partial charge on any atom is 0.239 e. The fraction of sp³-hybridized carbons (Fsp3) is 0.944. The topological polar surface area (TPSA) is 47.0 Å². The van der Waals surface area contributed by atoms with Gasteiger partial charge in [-0.05, 0) is 39.0 Å². The van der Waals surface area contributed by atoms with Crippen LogP contribution in [0.3, 0.4) is 0 Å². The lowest BCUT2D eigenvalue weighted by atomic mass is 9.99. The average Bonchev–Trinajstić information content (AvgIpc) is 2.62. The molecule has 2 aliphatic heterocycles. The molecule has 0 bridgehead atoms. The highest BCUT2D eigenvalue weighted by atomic mass is 16.3. The highest BCUT2D eigenvalue weighted by Gasteiger charge is 2.33. The van der Waals surface area contributed by atoms with Crippen molar-refractivity contribution >= 4 is 5.91 Å². The Morgan fingerprint density at radius 2 is 1.74 bits per heavy atom. The molecule has 3 unspecified atom stereocenters. The van der Waals surface area contributed by atoms with Crippen LogP contribution >= 0.6 is 0 Å². The van der Waals surface area contributed by atoms with Gasteiger partial charge in [-0.25, -0.2) is 0 Å². The SMILES string of the molecule is CCC(CO)N1CCN(C(C)C(=O)N2CCCCC2CC)CC1. The van der Waals surface area contributed by atoms with E-state index in [1.807, 2.05) is 0 Å². The molecule has 134 valence electrons. The minimum absolute atomic E-state index is 0.0153. The van der Waals surface area contributed by atoms with Crippen molar-refractivity contribution in [2.75, 3.05) is 39.3 Å². The Bertz CT molecular complexity index is 365. The van der Waals surface area contributed by atoms with Gasteiger partial charge in [0, 0.05) is 44.8 Å². The van der Waals surface area contributed by atoms with Crippen molar-refractivity contribution < 1.29 is 9.90 Å². The van der Waals surface area contributed by atoms with Crippen LogP contribution in [0.4, 0.5) is 0 Å². The molecule has 2 fully saturated rings. The van der Waals surface area contributed by atoms with Crippen LogP contribution in [-0.4, -0.2) is 83.2 Å². The predicted octanol–water partition coefficient (Wildman–Crippen LogP) is 1.55. The number of hydrogen-bond donors (Lipinski definition) is 1. The van der Waals surface area contributed by atoms with Crippen LogP contribution in [0.5, 0.6) is 0 Å². The van der Waals surface area contributed by atoms with Crippen LogP contribution in [0.2, 0.25) is 0 Å². The molecule has 0 aliphatic carbocycles. The highest BCUT2D eigenvalue weighted by molar-refractivity contribution is 5.82. The van der Waals surface area contributed by atoms with Crippen molar-refractivity contribution in [3.63, 3.8) is 0 Å². The second-order valence-corrected chi connectivity index (χ2v) is 7.08. The van der Waals surface area contributed by atoms with Crippen molar-refractivity contribution in [1.82, 2.24) is 14.7 Å². The third-order valence-corrected chi connectivity index (χ3v) is 5.83. The summed E-state index contributed by atoms with van der Waals surface area (Å²) in [6.07, 6.45) is 5.63. The molecule has 2 saturated heterocycles. The summed E-state index contributed by atoms with van der Waals surface area (Å²) in [6, 6.07) is 0.701. The lowest BCUT2D eigenvalue weighted by Gasteiger charge is -2.43. The Morgan fingerprint density at radius 1 is 1.09 bits per heavy atom. The first-order chi connectivity index (χ1) is 11.1. The summed E-state index contributed by atoms with van der Waals surface area (Å²) in [5, 5.41) is 9.45. The van der Waals surface area contributed by atoms with Gasteiger partial charge in [-0.1, -0.05) is 13.8 Å². The van der Waals surface area contributed by atoms with E-state index in [1.54, 1.807) is 0 Å². The number of rotatable bonds is 6. The second-order valence-electron chi connectivity index (χ2n) is 7.08. The van der Waals surface area contributed by atoms with E-state index in [0.29, 0.717) is 11.9 Å². The smallest absolute Gasteiger partial charge is 0.239 e. The average molecular weight is 325 g/mol. The third kappa shape index (κ3) is 4.46. The number of nitrogens with zero attached hydrogens (tertiary/aromatic N) is 3. The van der Waals surface area contributed by atoms with Crippen molar-refractivity contribution in [1.29, 1.82) is 0 Å². The van der Waals surface area contributed by atoms with E-state index < -0.39 is 0 Å². The van der Waals surface area contributed by atoms with Crippen LogP contribution < -0.4 is 0 Å². The molecule has 1 amide bonds. The van der Waals surface area contributed by atoms with E-state index in [-0.39, 0.29) is 18.7 Å². The number of carbonyl (C=O) groups excluding carboxylic acids is 1. The molecule has 0 aromatic carbocycles. The van der Waals surface area contributed by atoms with Gasteiger partial charge in [0.2, 0.25) is 5.91 Å². The van der Waals surface area contributed by atoms with Gasteiger partial charge in [0.05, 0.1) is 12.6 Å². The normalized spacial score (nSPS) is 27.0. The van der Waals surface area contributed by atoms with Gasteiger partial charge >= 0.3 is 0 Å². The van der Waals surface area contributed by atoms with Crippen LogP contribution in [0.25, 0.3) is 0 Å². The monoisotopic (exact) mass is 325 g/mol. The van der Waals surface area contributed by atoms with Crippen molar-refractivity contribution in [3.8, 4) is 0 Å². The molecular weight excluding hydrogens is 290 g/mol. The Balaban J connectivity index is 1.88. The molecule has 0 spiro atoms. The van der Waals surface area contributed by atoms with E-state index in [4.69, 9.17) is 0 Å². The lowest BCUT2D eigenvalue weighted by Crippen LogP contribution is -2.58. The molecule has 5 heteroatoms. The fourth-order valence-corrected chi connectivity index (χ4v) is 4.10. The number of aliphatic hydroxyl groups excluding tert-OH is 1. The van der Waals surface area contributed by atoms with E-state index in [1.165, 1.54) is 6.42 Å². The summed E-state index contributed by atoms with van der Waals surface area (Å²) in [6.45, 7) is 11.3. The first kappa shape index (κ1) is 18.7. The zero-order valence-electron chi connectivity index (χ0n) is 15.2. The number of likely N-dealkylation sites (tertiary alicyclic amines) is 1. The molecule has 0 radical (unpaired) electrons. The molecule has 3 atom stereocenters. The predicted molar refractivity (Wildman–Crippen MR) is 93.4 cm³/mol. The standard InChI is InChI=1S/C18H35N3O2/c1-4-16-8-6-7-9-21(16)18(23)15(3)19-10-12-20(13-11-19)17(5-2)14-22/h15-17,22H,4-14H2,1-3H3. The number of carbonyl (C=O) groups is 1. The van der Waals surface area contributed by atoms with Crippen LogP contribution in [-0.2, 0) is 4.79 Å². The molecule has 2 heterocycles. The zero-order chi connectivity index (χ0) is 16.8. The van der Waals surface area contributed by atoms with E-state index in [2.05, 4.69) is 35.5 Å². The maximum atomic E-state index is 12.9. The third-order valence-electron chi connectivity index (χ3n) is 5.83. The highest BCUT2D eigenvalue weighted by Crippen LogP contribution is 2.22. The Labute approximate surface area is 141 Å². The van der Waals surface area contributed by atoms with Crippen molar-refractivity contribution in [2.45, 2.75) is 71.0 Å². The summed E-state index contributed by atoms with van der Waals surface area (Å²) in [5.74, 6) is 0.319. The number of piperazine rings is 1. The maximum absolute atomic E-state index is 12.9. The largest absolute Gasteiger partial charge is 0.395 e. The summed E-state index contributed by atoms with van der Waals surface area (Å²) >= 11 is 0. The zero-order valence-corrected chi connectivity index (χ0v) is 15.2. The molecule has 23 heavy (non-hydrogen) atoms. The first-order valence-corrected chi connectivity index (χ1v) is 9.51. The quantitative estimate of drug-likeness (QED) is 0.805. The van der Waals surface area contributed by atoms with Crippen molar-refractivity contribution in [3.05, 3.63) is 0 Å². The molecule has 0 aromatic rings.